The highest BCUT2D eigenvalue weighted by Crippen LogP contribution is 2.44. The largest absolute Gasteiger partial charge is 0.464 e. The van der Waals surface area contributed by atoms with Gasteiger partial charge in [-0.2, -0.15) is 0 Å². The van der Waals surface area contributed by atoms with E-state index in [0.29, 0.717) is 37.8 Å². The number of aryl methyl sites for hydroxylation is 1. The molecule has 0 fully saturated rings. The van der Waals surface area contributed by atoms with Crippen molar-refractivity contribution in [1.82, 2.24) is 4.98 Å². The molecule has 0 spiro atoms. The van der Waals surface area contributed by atoms with Gasteiger partial charge in [0, 0.05) is 0 Å². The molecule has 1 aliphatic rings. The highest BCUT2D eigenvalue weighted by molar-refractivity contribution is 7.22. The van der Waals surface area contributed by atoms with Gasteiger partial charge < -0.3 is 8.83 Å². The van der Waals surface area contributed by atoms with Crippen molar-refractivity contribution in [3.05, 3.63) is 93.5 Å². The number of nitrogens with zero attached hydrogens (tertiary/aromatic N) is 2. The van der Waals surface area contributed by atoms with Crippen LogP contribution in [0.4, 0.5) is 9.52 Å². The number of aromatic nitrogens is 1. The monoisotopic (exact) mass is 432 g/mol. The Labute approximate surface area is 178 Å². The molecule has 4 heterocycles. The van der Waals surface area contributed by atoms with Gasteiger partial charge in [-0.05, 0) is 49.4 Å². The Bertz CT molecular complexity index is 1580. The average Bonchev–Trinajstić information content (AvgIpc) is 3.44. The summed E-state index contributed by atoms with van der Waals surface area (Å²) < 4.78 is 26.0. The van der Waals surface area contributed by atoms with Crippen molar-refractivity contribution in [3.8, 4) is 0 Å². The molecule has 0 aliphatic carbocycles. The molecule has 152 valence electrons. The Morgan fingerprint density at radius 3 is 2.71 bits per heavy atom. The van der Waals surface area contributed by atoms with Gasteiger partial charge in [0.2, 0.25) is 5.76 Å². The van der Waals surface area contributed by atoms with Crippen molar-refractivity contribution in [2.75, 3.05) is 4.90 Å². The number of hydrogen-bond donors (Lipinski definition) is 0. The summed E-state index contributed by atoms with van der Waals surface area (Å²) in [6.45, 7) is 1.79. The van der Waals surface area contributed by atoms with E-state index in [1.54, 1.807) is 49.4 Å². The molecule has 0 unspecified atom stereocenters. The predicted molar refractivity (Wildman–Crippen MR) is 114 cm³/mol. The van der Waals surface area contributed by atoms with Crippen LogP contribution in [0.3, 0.4) is 0 Å². The Kier molecular flexibility index (Phi) is 3.70. The number of carbonyl (C=O) groups excluding carboxylic acids is 1. The standard InChI is InChI=1S/C23H13FN2O4S/c1-11-6-9-16(29-11)19-18-20(27)13-4-2-3-5-15(13)30-21(18)22(28)26(19)23-25-14-8-7-12(24)10-17(14)31-23/h2-10,19H,1H3/t19-/m1/s1. The molecular weight excluding hydrogens is 419 g/mol. The maximum Gasteiger partial charge on any atom is 0.297 e. The third-order valence-corrected chi connectivity index (χ3v) is 6.37. The summed E-state index contributed by atoms with van der Waals surface area (Å²) in [6.07, 6.45) is 0. The van der Waals surface area contributed by atoms with Crippen molar-refractivity contribution in [3.63, 3.8) is 0 Å². The molecule has 31 heavy (non-hydrogen) atoms. The van der Waals surface area contributed by atoms with Crippen LogP contribution in [0.2, 0.25) is 0 Å². The molecule has 5 aromatic rings. The van der Waals surface area contributed by atoms with Gasteiger partial charge in [-0.3, -0.25) is 14.5 Å². The lowest BCUT2D eigenvalue weighted by Crippen LogP contribution is -2.29. The van der Waals surface area contributed by atoms with E-state index in [2.05, 4.69) is 4.98 Å². The molecule has 6 rings (SSSR count). The first-order valence-corrected chi connectivity index (χ1v) is 10.3. The van der Waals surface area contributed by atoms with Crippen molar-refractivity contribution < 1.29 is 18.0 Å². The van der Waals surface area contributed by atoms with Gasteiger partial charge in [0.05, 0.1) is 21.2 Å². The van der Waals surface area contributed by atoms with E-state index in [-0.39, 0.29) is 22.6 Å². The first-order chi connectivity index (χ1) is 15.0. The van der Waals surface area contributed by atoms with Gasteiger partial charge in [0.15, 0.2) is 10.6 Å². The second-order valence-corrected chi connectivity index (χ2v) is 8.31. The number of halogens is 1. The summed E-state index contributed by atoms with van der Waals surface area (Å²) in [5.74, 6) is 0.162. The van der Waals surface area contributed by atoms with Crippen molar-refractivity contribution in [2.45, 2.75) is 13.0 Å². The predicted octanol–water partition coefficient (Wildman–Crippen LogP) is 5.19. The van der Waals surface area contributed by atoms with Gasteiger partial charge in [0.1, 0.15) is 29.0 Å². The van der Waals surface area contributed by atoms with Crippen LogP contribution in [0.1, 0.15) is 33.7 Å². The lowest BCUT2D eigenvalue weighted by Gasteiger charge is -2.20. The van der Waals surface area contributed by atoms with Gasteiger partial charge in [-0.1, -0.05) is 23.5 Å². The number of carbonyl (C=O) groups is 1. The summed E-state index contributed by atoms with van der Waals surface area (Å²) in [5, 5.41) is 0.718. The second-order valence-electron chi connectivity index (χ2n) is 7.30. The minimum absolute atomic E-state index is 0.0341. The van der Waals surface area contributed by atoms with Crippen LogP contribution in [0.5, 0.6) is 0 Å². The van der Waals surface area contributed by atoms with Crippen LogP contribution in [-0.2, 0) is 0 Å². The van der Waals surface area contributed by atoms with E-state index in [1.165, 1.54) is 28.4 Å². The molecule has 0 radical (unpaired) electrons. The number of thiazole rings is 1. The van der Waals surface area contributed by atoms with Crippen LogP contribution < -0.4 is 10.3 Å². The van der Waals surface area contributed by atoms with Crippen LogP contribution >= 0.6 is 11.3 Å². The summed E-state index contributed by atoms with van der Waals surface area (Å²) >= 11 is 1.17. The Balaban J connectivity index is 1.64. The minimum Gasteiger partial charge on any atom is -0.464 e. The molecule has 1 aliphatic heterocycles. The van der Waals surface area contributed by atoms with E-state index < -0.39 is 11.9 Å². The molecule has 2 aromatic carbocycles. The molecule has 1 atom stereocenters. The molecule has 0 saturated carbocycles. The summed E-state index contributed by atoms with van der Waals surface area (Å²) in [6, 6.07) is 13.7. The second kappa shape index (κ2) is 6.36. The first-order valence-electron chi connectivity index (χ1n) is 9.53. The van der Waals surface area contributed by atoms with Crippen LogP contribution in [0.15, 0.2) is 68.2 Å². The third kappa shape index (κ3) is 2.58. The Morgan fingerprint density at radius 1 is 1.06 bits per heavy atom. The maximum atomic E-state index is 13.7. The van der Waals surface area contributed by atoms with Gasteiger partial charge in [-0.25, -0.2) is 9.37 Å². The average molecular weight is 432 g/mol. The molecule has 8 heteroatoms. The smallest absolute Gasteiger partial charge is 0.297 e. The lowest BCUT2D eigenvalue weighted by atomic mass is 10.0. The number of furan rings is 1. The van der Waals surface area contributed by atoms with Crippen LogP contribution in [-0.4, -0.2) is 10.9 Å². The summed E-state index contributed by atoms with van der Waals surface area (Å²) in [5.41, 5.74) is 0.813. The molecule has 0 bridgehead atoms. The fourth-order valence-electron chi connectivity index (χ4n) is 3.98. The quantitative estimate of drug-likeness (QED) is 0.384. The fourth-order valence-corrected chi connectivity index (χ4v) is 4.99. The van der Waals surface area contributed by atoms with E-state index in [4.69, 9.17) is 8.83 Å². The topological polar surface area (TPSA) is 76.6 Å². The first kappa shape index (κ1) is 18.0. The zero-order valence-electron chi connectivity index (χ0n) is 16.1. The van der Waals surface area contributed by atoms with Crippen molar-refractivity contribution >= 4 is 43.6 Å². The van der Waals surface area contributed by atoms with E-state index in [1.807, 2.05) is 0 Å². The number of benzene rings is 2. The number of rotatable bonds is 2. The molecule has 6 nitrogen and oxygen atoms in total. The third-order valence-electron chi connectivity index (χ3n) is 5.35. The zero-order valence-corrected chi connectivity index (χ0v) is 16.9. The highest BCUT2D eigenvalue weighted by Gasteiger charge is 2.46. The number of amides is 1. The van der Waals surface area contributed by atoms with Crippen LogP contribution in [0.25, 0.3) is 21.2 Å². The summed E-state index contributed by atoms with van der Waals surface area (Å²) in [4.78, 5) is 32.8. The van der Waals surface area contributed by atoms with E-state index >= 15 is 0 Å². The van der Waals surface area contributed by atoms with Gasteiger partial charge in [0.25, 0.3) is 5.91 Å². The zero-order chi connectivity index (χ0) is 21.3. The van der Waals surface area contributed by atoms with E-state index in [0.717, 1.165) is 0 Å². The number of para-hydroxylation sites is 1. The SMILES string of the molecule is Cc1ccc([C@@H]2c3c(oc4ccccc4c3=O)C(=O)N2c2nc3ccc(F)cc3s2)o1. The number of anilines is 1. The number of hydrogen-bond acceptors (Lipinski definition) is 6. The molecular formula is C23H13FN2O4S. The minimum atomic E-state index is -0.831. The summed E-state index contributed by atoms with van der Waals surface area (Å²) in [7, 11) is 0. The lowest BCUT2D eigenvalue weighted by molar-refractivity contribution is 0.0969. The molecule has 1 amide bonds. The molecule has 0 saturated heterocycles. The number of fused-ring (bicyclic) bond motifs is 3. The van der Waals surface area contributed by atoms with Gasteiger partial charge in [-0.15, -0.1) is 0 Å². The van der Waals surface area contributed by atoms with Crippen molar-refractivity contribution in [2.24, 2.45) is 0 Å². The van der Waals surface area contributed by atoms with Gasteiger partial charge >= 0.3 is 0 Å². The van der Waals surface area contributed by atoms with Crippen molar-refractivity contribution in [1.29, 1.82) is 0 Å². The normalized spacial score (nSPS) is 15.9. The molecule has 3 aromatic heterocycles. The fraction of sp³-hybridized carbons (Fsp3) is 0.0870. The Hall–Kier alpha value is -3.78. The highest BCUT2D eigenvalue weighted by atomic mass is 32.1. The maximum absolute atomic E-state index is 13.7. The van der Waals surface area contributed by atoms with E-state index in [9.17, 15) is 14.0 Å². The molecule has 0 N–H and O–H groups in total. The Morgan fingerprint density at radius 2 is 1.90 bits per heavy atom. The van der Waals surface area contributed by atoms with Crippen LogP contribution in [0, 0.1) is 12.7 Å².